The van der Waals surface area contributed by atoms with Crippen molar-refractivity contribution in [1.82, 2.24) is 20.0 Å². The highest BCUT2D eigenvalue weighted by atomic mass is 32.2. The maximum atomic E-state index is 13.7. The fraction of sp³-hybridized carbons (Fsp3) is 0.514. The number of ether oxygens (including phenoxy) is 1. The van der Waals surface area contributed by atoms with E-state index in [9.17, 15) is 13.2 Å². The van der Waals surface area contributed by atoms with Gasteiger partial charge in [-0.25, -0.2) is 18.4 Å². The molecule has 0 aliphatic carbocycles. The van der Waals surface area contributed by atoms with Gasteiger partial charge in [-0.2, -0.15) is 0 Å². The molecular formula is C35H49N5O4S. The van der Waals surface area contributed by atoms with Crippen LogP contribution >= 0.6 is 0 Å². The van der Waals surface area contributed by atoms with Crippen LogP contribution in [0, 0.1) is 5.92 Å². The molecular weight excluding hydrogens is 586 g/mol. The Kier molecular flexibility index (Phi) is 11.5. The smallest absolute Gasteiger partial charge is 0.318 e. The predicted octanol–water partition coefficient (Wildman–Crippen LogP) is 4.72. The highest BCUT2D eigenvalue weighted by Gasteiger charge is 2.27. The summed E-state index contributed by atoms with van der Waals surface area (Å²) in [5, 5.41) is 10.4. The average molecular weight is 636 g/mol. The van der Waals surface area contributed by atoms with Crippen LogP contribution in [-0.2, 0) is 27.8 Å². The zero-order valence-corrected chi connectivity index (χ0v) is 27.6. The molecule has 2 fully saturated rings. The number of urea groups is 1. The van der Waals surface area contributed by atoms with Gasteiger partial charge in [0.05, 0.1) is 24.5 Å². The van der Waals surface area contributed by atoms with Gasteiger partial charge in [-0.05, 0) is 73.0 Å². The summed E-state index contributed by atoms with van der Waals surface area (Å²) in [6, 6.07) is 22.9. The fourth-order valence-electron chi connectivity index (χ4n) is 6.63. The van der Waals surface area contributed by atoms with E-state index in [4.69, 9.17) is 9.88 Å². The molecule has 3 aromatic carbocycles. The molecule has 0 saturated carbocycles. The lowest BCUT2D eigenvalue weighted by Crippen LogP contribution is -2.43. The Morgan fingerprint density at radius 1 is 0.978 bits per heavy atom. The largest absolute Gasteiger partial charge is 0.379 e. The summed E-state index contributed by atoms with van der Waals surface area (Å²) in [5.41, 5.74) is 3.42. The van der Waals surface area contributed by atoms with Crippen molar-refractivity contribution < 1.29 is 17.9 Å². The number of nitrogens with two attached hydrogens (primary N) is 1. The number of morpholine rings is 1. The molecule has 3 atom stereocenters. The van der Waals surface area contributed by atoms with Crippen LogP contribution in [0.25, 0.3) is 10.8 Å². The molecule has 10 heteroatoms. The lowest BCUT2D eigenvalue weighted by Gasteiger charge is -2.29. The molecule has 0 spiro atoms. The van der Waals surface area contributed by atoms with Crippen molar-refractivity contribution in [1.29, 1.82) is 0 Å². The molecule has 2 amide bonds. The van der Waals surface area contributed by atoms with E-state index in [1.54, 1.807) is 6.92 Å². The van der Waals surface area contributed by atoms with E-state index in [0.29, 0.717) is 25.4 Å². The summed E-state index contributed by atoms with van der Waals surface area (Å²) < 4.78 is 28.8. The number of sulfonamides is 1. The molecule has 1 unspecified atom stereocenters. The number of rotatable bonds is 13. The first-order chi connectivity index (χ1) is 21.7. The SMILES string of the molecule is CC(C[C@@H]1CCN(Cc2ccc(CN(CCCN3CCOCC3)C(=O)N[C@@H](C)c3cccc4ccccc34)cc2)C1)S(N)(=O)=O. The van der Waals surface area contributed by atoms with Gasteiger partial charge < -0.3 is 15.0 Å². The summed E-state index contributed by atoms with van der Waals surface area (Å²) in [5.74, 6) is 0.346. The lowest BCUT2D eigenvalue weighted by atomic mass is 10.00. The minimum absolute atomic E-state index is 0.0571. The molecule has 9 nitrogen and oxygen atoms in total. The molecule has 2 aliphatic heterocycles. The van der Waals surface area contributed by atoms with Gasteiger partial charge >= 0.3 is 6.03 Å². The molecule has 2 heterocycles. The highest BCUT2D eigenvalue weighted by molar-refractivity contribution is 7.89. The quantitative estimate of drug-likeness (QED) is 0.281. The molecule has 45 heavy (non-hydrogen) atoms. The second kappa shape index (κ2) is 15.5. The molecule has 2 aliphatic rings. The van der Waals surface area contributed by atoms with Gasteiger partial charge in [-0.1, -0.05) is 66.7 Å². The second-order valence-corrected chi connectivity index (χ2v) is 14.8. The fourth-order valence-corrected chi connectivity index (χ4v) is 7.17. The molecule has 0 aromatic heterocycles. The van der Waals surface area contributed by atoms with Gasteiger partial charge in [0.15, 0.2) is 0 Å². The number of hydrogen-bond donors (Lipinski definition) is 2. The monoisotopic (exact) mass is 635 g/mol. The van der Waals surface area contributed by atoms with Crippen molar-refractivity contribution in [3.05, 3.63) is 83.4 Å². The van der Waals surface area contributed by atoms with Crippen LogP contribution < -0.4 is 10.5 Å². The number of primary sulfonamides is 1. The Morgan fingerprint density at radius 2 is 1.69 bits per heavy atom. The van der Waals surface area contributed by atoms with Gasteiger partial charge in [-0.15, -0.1) is 0 Å². The predicted molar refractivity (Wildman–Crippen MR) is 180 cm³/mol. The number of nitrogens with one attached hydrogen (secondary N) is 1. The minimum Gasteiger partial charge on any atom is -0.379 e. The first-order valence-electron chi connectivity index (χ1n) is 16.3. The molecule has 2 saturated heterocycles. The first-order valence-corrected chi connectivity index (χ1v) is 17.9. The highest BCUT2D eigenvalue weighted by Crippen LogP contribution is 2.26. The van der Waals surface area contributed by atoms with Crippen LogP contribution in [0.4, 0.5) is 4.79 Å². The summed E-state index contributed by atoms with van der Waals surface area (Å²) >= 11 is 0. The molecule has 0 bridgehead atoms. The number of hydrogen-bond acceptors (Lipinski definition) is 6. The zero-order chi connectivity index (χ0) is 31.8. The van der Waals surface area contributed by atoms with Crippen molar-refractivity contribution in [2.24, 2.45) is 11.1 Å². The Labute approximate surface area is 268 Å². The number of fused-ring (bicyclic) bond motifs is 1. The van der Waals surface area contributed by atoms with Crippen LogP contribution in [0.5, 0.6) is 0 Å². The van der Waals surface area contributed by atoms with Gasteiger partial charge in [0, 0.05) is 45.8 Å². The van der Waals surface area contributed by atoms with Crippen molar-refractivity contribution in [3.63, 3.8) is 0 Å². The van der Waals surface area contributed by atoms with E-state index >= 15 is 0 Å². The van der Waals surface area contributed by atoms with Crippen LogP contribution in [0.2, 0.25) is 0 Å². The summed E-state index contributed by atoms with van der Waals surface area (Å²) in [6.45, 7) is 12.0. The second-order valence-electron chi connectivity index (χ2n) is 12.8. The summed E-state index contributed by atoms with van der Waals surface area (Å²) in [7, 11) is -3.49. The summed E-state index contributed by atoms with van der Waals surface area (Å²) in [6.07, 6.45) is 2.49. The van der Waals surface area contributed by atoms with Gasteiger partial charge in [0.2, 0.25) is 10.0 Å². The first kappa shape index (κ1) is 33.3. The third-order valence-electron chi connectivity index (χ3n) is 9.32. The van der Waals surface area contributed by atoms with E-state index in [1.165, 1.54) is 10.9 Å². The van der Waals surface area contributed by atoms with Crippen LogP contribution in [0.15, 0.2) is 66.7 Å². The Bertz CT molecular complexity index is 1500. The number of likely N-dealkylation sites (tertiary alicyclic amines) is 1. The standard InChI is InChI=1S/C35H49N5O4S/c1-27(45(36,42)43)23-31-15-18-39(25-31)24-29-11-13-30(14-12-29)26-40(17-6-16-38-19-21-44-22-20-38)35(41)37-28(2)33-10-5-8-32-7-3-4-9-34(32)33/h3-5,7-14,27-28,31H,6,15-26H2,1-2H3,(H,37,41)(H2,36,42,43)/t27?,28-,31-/m0/s1. The Morgan fingerprint density at radius 3 is 2.44 bits per heavy atom. The van der Waals surface area contributed by atoms with E-state index in [0.717, 1.165) is 81.8 Å². The van der Waals surface area contributed by atoms with Crippen molar-refractivity contribution in [3.8, 4) is 0 Å². The Hall–Kier alpha value is -3.02. The average Bonchev–Trinajstić information content (AvgIpc) is 3.47. The van der Waals surface area contributed by atoms with Gasteiger partial charge in [0.25, 0.3) is 0 Å². The maximum Gasteiger partial charge on any atom is 0.318 e. The number of carbonyl (C=O) groups excluding carboxylic acids is 1. The van der Waals surface area contributed by atoms with Crippen molar-refractivity contribution >= 4 is 26.8 Å². The Balaban J connectivity index is 1.20. The van der Waals surface area contributed by atoms with Crippen molar-refractivity contribution in [2.45, 2.75) is 57.5 Å². The van der Waals surface area contributed by atoms with E-state index in [1.807, 2.05) is 17.0 Å². The molecule has 3 aromatic rings. The van der Waals surface area contributed by atoms with E-state index in [2.05, 4.69) is 76.6 Å². The molecule has 244 valence electrons. The van der Waals surface area contributed by atoms with Crippen molar-refractivity contribution in [2.75, 3.05) is 52.5 Å². The maximum absolute atomic E-state index is 13.7. The number of carbonyl (C=O) groups is 1. The molecule has 0 radical (unpaired) electrons. The zero-order valence-electron chi connectivity index (χ0n) is 26.7. The normalized spacial score (nSPS) is 19.4. The van der Waals surface area contributed by atoms with Gasteiger partial charge in [-0.3, -0.25) is 9.80 Å². The van der Waals surface area contributed by atoms with Gasteiger partial charge in [0.1, 0.15) is 0 Å². The molecule has 3 N–H and O–H groups in total. The number of benzene rings is 3. The topological polar surface area (TPSA) is 108 Å². The van der Waals surface area contributed by atoms with Crippen LogP contribution in [-0.4, -0.2) is 86.9 Å². The summed E-state index contributed by atoms with van der Waals surface area (Å²) in [4.78, 5) is 20.5. The van der Waals surface area contributed by atoms with Crippen LogP contribution in [0.3, 0.4) is 0 Å². The van der Waals surface area contributed by atoms with E-state index in [-0.39, 0.29) is 12.1 Å². The lowest BCUT2D eigenvalue weighted by molar-refractivity contribution is 0.0364. The number of amides is 2. The molecule has 5 rings (SSSR count). The third-order valence-corrected chi connectivity index (χ3v) is 10.6. The van der Waals surface area contributed by atoms with Crippen LogP contribution in [0.1, 0.15) is 55.8 Å². The third kappa shape index (κ3) is 9.50. The van der Waals surface area contributed by atoms with E-state index < -0.39 is 15.3 Å². The number of nitrogens with zero attached hydrogens (tertiary/aromatic N) is 3. The minimum atomic E-state index is -3.49.